The minimum atomic E-state index is -4.64. The van der Waals surface area contributed by atoms with Gasteiger partial charge in [0.2, 0.25) is 5.66 Å². The molecule has 1 atom stereocenters. The van der Waals surface area contributed by atoms with E-state index in [1.54, 1.807) is 0 Å². The highest BCUT2D eigenvalue weighted by Gasteiger charge is 2.41. The Morgan fingerprint density at radius 3 is 1.77 bits per heavy atom. The van der Waals surface area contributed by atoms with E-state index < -0.39 is 29.1 Å². The van der Waals surface area contributed by atoms with Crippen molar-refractivity contribution in [2.45, 2.75) is 19.0 Å². The van der Waals surface area contributed by atoms with Crippen LogP contribution in [0.4, 0.5) is 0 Å². The number of aliphatic hydroxyl groups is 1. The van der Waals surface area contributed by atoms with Crippen molar-refractivity contribution in [2.75, 3.05) is 6.61 Å². The van der Waals surface area contributed by atoms with Gasteiger partial charge in [0, 0.05) is 6.42 Å². The van der Waals surface area contributed by atoms with E-state index in [2.05, 4.69) is 20.3 Å². The zero-order valence-corrected chi connectivity index (χ0v) is 18.2. The molecule has 180 valence electrons. The molecule has 0 amide bonds. The Morgan fingerprint density at radius 1 is 1.00 bits per heavy atom. The van der Waals surface area contributed by atoms with Crippen molar-refractivity contribution >= 4 is 47.7 Å². The van der Waals surface area contributed by atoms with Gasteiger partial charge >= 0.3 is 23.5 Å². The van der Waals surface area contributed by atoms with Crippen molar-refractivity contribution in [3.05, 3.63) is 11.6 Å². The van der Waals surface area contributed by atoms with Crippen molar-refractivity contribution in [3.8, 4) is 0 Å². The van der Waals surface area contributed by atoms with Gasteiger partial charge in [-0.3, -0.25) is 5.41 Å². The molecule has 0 bridgehead atoms. The summed E-state index contributed by atoms with van der Waals surface area (Å²) in [5.74, 6) is 0.209. The summed E-state index contributed by atoms with van der Waals surface area (Å²) in [6, 6.07) is 0. The number of nitrogens with zero attached hydrogens (tertiary/aromatic N) is 3. The molecule has 0 saturated heterocycles. The van der Waals surface area contributed by atoms with Crippen molar-refractivity contribution in [1.29, 1.82) is 5.41 Å². The smallest absolute Gasteiger partial charge is 0.392 e. The van der Waals surface area contributed by atoms with E-state index in [0.29, 0.717) is 12.1 Å². The molecule has 18 nitrogen and oxygen atoms in total. The highest BCUT2D eigenvalue weighted by atomic mass is 31.2. The number of phosphoric acid groups is 3. The SMILES string of the molecule is CC=C(CO)CC12N=CN=C1C(=N)NC=N2.O=P(O)(O)O.O=P(O)(O)O.O=P(O)(O)O. The lowest BCUT2D eigenvalue weighted by Crippen LogP contribution is -2.48. The molecule has 0 aromatic rings. The van der Waals surface area contributed by atoms with Gasteiger partial charge in [0.15, 0.2) is 0 Å². The van der Waals surface area contributed by atoms with E-state index in [9.17, 15) is 0 Å². The Kier molecular flexibility index (Phi) is 13.4. The van der Waals surface area contributed by atoms with Crippen LogP contribution < -0.4 is 5.32 Å². The molecule has 2 aliphatic heterocycles. The van der Waals surface area contributed by atoms with Crippen LogP contribution in [0.3, 0.4) is 0 Å². The summed E-state index contributed by atoms with van der Waals surface area (Å²) in [7, 11) is -13.9. The van der Waals surface area contributed by atoms with Gasteiger partial charge in [-0.15, -0.1) is 0 Å². The molecule has 0 aromatic carbocycles. The summed E-state index contributed by atoms with van der Waals surface area (Å²) < 4.78 is 26.6. The third kappa shape index (κ3) is 20.2. The maximum Gasteiger partial charge on any atom is 0.466 e. The maximum absolute atomic E-state index is 9.16. The predicted octanol–water partition coefficient (Wildman–Crippen LogP) is -2.68. The molecular formula is C10H22N5O13P3. The first-order valence-corrected chi connectivity index (χ1v) is 12.0. The molecule has 0 aliphatic carbocycles. The molecular weight excluding hydrogens is 491 g/mol. The largest absolute Gasteiger partial charge is 0.466 e. The second-order valence-electron chi connectivity index (χ2n) is 5.14. The molecule has 0 fully saturated rings. The number of amidine groups is 1. The molecule has 0 saturated carbocycles. The number of fused-ring (bicyclic) bond motifs is 1. The monoisotopic (exact) mass is 513 g/mol. The number of aliphatic imine (C=N–C) groups is 3. The Morgan fingerprint density at radius 2 is 1.42 bits per heavy atom. The van der Waals surface area contributed by atoms with Gasteiger partial charge < -0.3 is 54.5 Å². The van der Waals surface area contributed by atoms with Crippen LogP contribution in [0.2, 0.25) is 0 Å². The third-order valence-electron chi connectivity index (χ3n) is 2.65. The average molecular weight is 513 g/mol. The second kappa shape index (κ2) is 13.1. The normalized spacial score (nSPS) is 20.0. The van der Waals surface area contributed by atoms with Crippen LogP contribution in [-0.4, -0.2) is 85.6 Å². The fraction of sp³-hybridized carbons (Fsp3) is 0.400. The molecule has 0 aromatic heterocycles. The summed E-state index contributed by atoms with van der Waals surface area (Å²) in [5, 5.41) is 19.5. The topological polar surface area (TPSA) is 326 Å². The number of hydrogen-bond donors (Lipinski definition) is 12. The quantitative estimate of drug-likeness (QED) is 0.135. The Hall–Kier alpha value is -1.49. The molecule has 0 radical (unpaired) electrons. The standard InChI is InChI=1S/C10H13N5O.3H3O4P/c1-2-7(4-16)3-10-8(12-5-14-10)9(11)13-6-15-10;3*1-5(2,3)4/h2,5-6,16H,3-4H2,1H3,(H2,11,13,15);3*(H3,1,2,3,4). The lowest BCUT2D eigenvalue weighted by molar-refractivity contribution is 0.272. The average Bonchev–Trinajstić information content (AvgIpc) is 2.93. The minimum Gasteiger partial charge on any atom is -0.392 e. The predicted molar refractivity (Wildman–Crippen MR) is 106 cm³/mol. The number of aliphatic hydroxyl groups excluding tert-OH is 1. The summed E-state index contributed by atoms with van der Waals surface area (Å²) in [5.41, 5.74) is 0.494. The van der Waals surface area contributed by atoms with Gasteiger partial charge in [-0.2, -0.15) is 0 Å². The van der Waals surface area contributed by atoms with Crippen LogP contribution >= 0.6 is 23.5 Å². The first-order chi connectivity index (χ1) is 13.7. The molecule has 31 heavy (non-hydrogen) atoms. The van der Waals surface area contributed by atoms with Crippen molar-refractivity contribution < 1.29 is 62.8 Å². The Bertz CT molecular complexity index is 797. The minimum absolute atomic E-state index is 0.0304. The van der Waals surface area contributed by atoms with E-state index in [-0.39, 0.29) is 12.4 Å². The van der Waals surface area contributed by atoms with E-state index in [1.165, 1.54) is 12.7 Å². The van der Waals surface area contributed by atoms with Crippen molar-refractivity contribution in [3.63, 3.8) is 0 Å². The number of allylic oxidation sites excluding steroid dienone is 1. The van der Waals surface area contributed by atoms with Crippen LogP contribution in [0, 0.1) is 5.41 Å². The van der Waals surface area contributed by atoms with Gasteiger partial charge in [-0.05, 0) is 12.5 Å². The molecule has 1 unspecified atom stereocenters. The molecule has 0 spiro atoms. The van der Waals surface area contributed by atoms with Gasteiger partial charge in [0.05, 0.1) is 12.9 Å². The third-order valence-corrected chi connectivity index (χ3v) is 2.65. The molecule has 2 heterocycles. The lowest BCUT2D eigenvalue weighted by atomic mass is 9.94. The summed E-state index contributed by atoms with van der Waals surface area (Å²) in [4.78, 5) is 77.2. The Balaban J connectivity index is 0. The van der Waals surface area contributed by atoms with E-state index in [0.717, 1.165) is 5.57 Å². The van der Waals surface area contributed by atoms with E-state index in [4.69, 9.17) is 68.3 Å². The summed E-state index contributed by atoms with van der Waals surface area (Å²) in [6.07, 6.45) is 5.16. The second-order valence-corrected chi connectivity index (χ2v) is 8.22. The molecule has 2 rings (SSSR count). The molecule has 21 heteroatoms. The van der Waals surface area contributed by atoms with Crippen LogP contribution in [0.15, 0.2) is 26.6 Å². The van der Waals surface area contributed by atoms with Gasteiger partial charge in [0.1, 0.15) is 17.9 Å². The van der Waals surface area contributed by atoms with Crippen LogP contribution in [0.5, 0.6) is 0 Å². The zero-order chi connectivity index (χ0) is 25.1. The fourth-order valence-corrected chi connectivity index (χ4v) is 1.72. The van der Waals surface area contributed by atoms with Crippen LogP contribution in [-0.2, 0) is 13.7 Å². The van der Waals surface area contributed by atoms with Crippen LogP contribution in [0.1, 0.15) is 13.3 Å². The highest BCUT2D eigenvalue weighted by Crippen LogP contribution is 2.29. The van der Waals surface area contributed by atoms with Gasteiger partial charge in [0.25, 0.3) is 0 Å². The molecule has 2 aliphatic rings. The number of nitrogens with one attached hydrogen (secondary N) is 2. The summed E-state index contributed by atoms with van der Waals surface area (Å²) in [6.45, 7) is 1.82. The van der Waals surface area contributed by atoms with Gasteiger partial charge in [-0.25, -0.2) is 28.7 Å². The zero-order valence-electron chi connectivity index (χ0n) is 15.5. The highest BCUT2D eigenvalue weighted by molar-refractivity contribution is 7.45. The van der Waals surface area contributed by atoms with E-state index in [1.807, 2.05) is 13.0 Å². The fourth-order valence-electron chi connectivity index (χ4n) is 1.72. The lowest BCUT2D eigenvalue weighted by Gasteiger charge is -2.27. The van der Waals surface area contributed by atoms with Gasteiger partial charge in [-0.1, -0.05) is 6.08 Å². The number of hydrogen-bond acceptors (Lipinski definition) is 8. The van der Waals surface area contributed by atoms with E-state index >= 15 is 0 Å². The first kappa shape index (κ1) is 31.7. The number of rotatable bonds is 3. The Labute approximate surface area is 174 Å². The first-order valence-electron chi connectivity index (χ1n) is 7.32. The maximum atomic E-state index is 9.16. The molecule has 12 N–H and O–H groups in total. The summed E-state index contributed by atoms with van der Waals surface area (Å²) >= 11 is 0. The van der Waals surface area contributed by atoms with Crippen molar-refractivity contribution in [1.82, 2.24) is 5.32 Å². The van der Waals surface area contributed by atoms with Crippen LogP contribution in [0.25, 0.3) is 0 Å². The van der Waals surface area contributed by atoms with Crippen molar-refractivity contribution in [2.24, 2.45) is 15.0 Å².